The van der Waals surface area contributed by atoms with E-state index in [1.807, 2.05) is 12.1 Å². The van der Waals surface area contributed by atoms with Crippen molar-refractivity contribution < 1.29 is 0 Å². The quantitative estimate of drug-likeness (QED) is 0.471. The van der Waals surface area contributed by atoms with Crippen LogP contribution in [0.2, 0.25) is 0 Å². The molecule has 1 unspecified atom stereocenters. The van der Waals surface area contributed by atoms with Gasteiger partial charge in [-0.3, -0.25) is 0 Å². The Bertz CT molecular complexity index is 501. The third kappa shape index (κ3) is 2.78. The molecular weight excluding hydrogens is 279 g/mol. The van der Waals surface area contributed by atoms with Crippen LogP contribution < -0.4 is 11.5 Å². The molecule has 0 radical (unpaired) electrons. The number of hydrogen-bond acceptors (Lipinski definition) is 2. The maximum absolute atomic E-state index is 6.20. The number of hydrogen-bond donors (Lipinski definition) is 2. The maximum Gasteiger partial charge on any atom is 0.116 e. The maximum atomic E-state index is 6.20. The fraction of sp³-hybridized carbons (Fsp3) is 0.167. The van der Waals surface area contributed by atoms with Crippen LogP contribution in [-0.2, 0) is 0 Å². The molecule has 0 amide bonds. The molecule has 2 nitrogen and oxygen atoms in total. The number of anilines is 1. The molecule has 0 aliphatic heterocycles. The Hall–Kier alpha value is -0.670. The zero-order chi connectivity index (χ0) is 12.6. The van der Waals surface area contributed by atoms with Crippen molar-refractivity contribution in [2.24, 2.45) is 5.73 Å². The molecule has 1 aliphatic rings. The summed E-state index contributed by atoms with van der Waals surface area (Å²) in [7, 11) is 0. The lowest BCUT2D eigenvalue weighted by Gasteiger charge is -2.25. The van der Waals surface area contributed by atoms with Gasteiger partial charge in [0.05, 0.1) is 0 Å². The first-order valence-corrected chi connectivity index (χ1v) is 6.13. The largest absolute Gasteiger partial charge is 0.399 e. The van der Waals surface area contributed by atoms with E-state index in [-0.39, 0.29) is 0 Å². The van der Waals surface area contributed by atoms with Gasteiger partial charge < -0.3 is 11.5 Å². The highest BCUT2D eigenvalue weighted by Gasteiger charge is 2.28. The first-order chi connectivity index (χ1) is 7.89. The molecule has 1 aromatic carbocycles. The molecule has 17 heavy (non-hydrogen) atoms. The van der Waals surface area contributed by atoms with Crippen LogP contribution >= 0.6 is 34.8 Å². The van der Waals surface area contributed by atoms with Crippen LogP contribution in [0.15, 0.2) is 40.4 Å². The zero-order valence-corrected chi connectivity index (χ0v) is 11.2. The van der Waals surface area contributed by atoms with E-state index in [9.17, 15) is 0 Å². The Kier molecular flexibility index (Phi) is 3.41. The van der Waals surface area contributed by atoms with Crippen molar-refractivity contribution in [1.29, 1.82) is 0 Å². The number of rotatable bonds is 1. The molecule has 0 aromatic heterocycles. The summed E-state index contributed by atoms with van der Waals surface area (Å²) in [5, 5.41) is 1.02. The smallest absolute Gasteiger partial charge is 0.116 e. The molecule has 90 valence electrons. The fourth-order valence-electron chi connectivity index (χ4n) is 1.73. The Morgan fingerprint density at radius 1 is 1.12 bits per heavy atom. The van der Waals surface area contributed by atoms with Crippen LogP contribution in [0.25, 0.3) is 5.57 Å². The first kappa shape index (κ1) is 12.8. The molecule has 4 N–H and O–H groups in total. The molecule has 0 fully saturated rings. The Balaban J connectivity index is 2.46. The summed E-state index contributed by atoms with van der Waals surface area (Å²) in [6, 6.07) is 7.31. The number of alkyl halides is 1. The summed E-state index contributed by atoms with van der Waals surface area (Å²) < 4.78 is 0. The molecular formula is C12H11Cl3N2. The summed E-state index contributed by atoms with van der Waals surface area (Å²) in [5.41, 5.74) is 13.8. The van der Waals surface area contributed by atoms with E-state index >= 15 is 0 Å². The van der Waals surface area contributed by atoms with Crippen molar-refractivity contribution in [3.05, 3.63) is 46.0 Å². The molecule has 1 atom stereocenters. The molecule has 0 heterocycles. The minimum atomic E-state index is -1.01. The van der Waals surface area contributed by atoms with Crippen LogP contribution in [-0.4, -0.2) is 5.00 Å². The second kappa shape index (κ2) is 4.54. The van der Waals surface area contributed by atoms with Crippen molar-refractivity contribution in [3.8, 4) is 0 Å². The molecule has 0 saturated heterocycles. The average molecular weight is 290 g/mol. The summed E-state index contributed by atoms with van der Waals surface area (Å²) in [5.74, 6) is 0. The standard InChI is InChI=1S/C12H11Cl3N2/c13-9-5-12(15,17)6-10(14)11(9)7-1-3-8(16)4-2-7/h1-5H,6,16-17H2. The van der Waals surface area contributed by atoms with Crippen molar-refractivity contribution in [1.82, 2.24) is 0 Å². The fourth-order valence-corrected chi connectivity index (χ4v) is 3.00. The third-order valence-corrected chi connectivity index (χ3v) is 3.37. The van der Waals surface area contributed by atoms with E-state index in [4.69, 9.17) is 46.3 Å². The van der Waals surface area contributed by atoms with Crippen LogP contribution in [0.4, 0.5) is 5.69 Å². The van der Waals surface area contributed by atoms with Gasteiger partial charge in [-0.25, -0.2) is 0 Å². The SMILES string of the molecule is Nc1ccc(C2=C(Cl)CC(N)(Cl)C=C2Cl)cc1. The van der Waals surface area contributed by atoms with Gasteiger partial charge >= 0.3 is 0 Å². The molecule has 2 rings (SSSR count). The van der Waals surface area contributed by atoms with Gasteiger partial charge in [-0.1, -0.05) is 46.9 Å². The van der Waals surface area contributed by atoms with Gasteiger partial charge in [-0.15, -0.1) is 0 Å². The molecule has 0 spiro atoms. The van der Waals surface area contributed by atoms with E-state index in [1.54, 1.807) is 18.2 Å². The average Bonchev–Trinajstić information content (AvgIpc) is 2.18. The summed E-state index contributed by atoms with van der Waals surface area (Å²) in [4.78, 5) is -1.01. The first-order valence-electron chi connectivity index (χ1n) is 5.00. The van der Waals surface area contributed by atoms with E-state index in [1.165, 1.54) is 0 Å². The van der Waals surface area contributed by atoms with E-state index in [0.717, 1.165) is 11.1 Å². The normalized spacial score (nSPS) is 24.8. The topological polar surface area (TPSA) is 52.0 Å². The van der Waals surface area contributed by atoms with Gasteiger partial charge in [0.15, 0.2) is 0 Å². The highest BCUT2D eigenvalue weighted by molar-refractivity contribution is 6.44. The Morgan fingerprint density at radius 3 is 2.24 bits per heavy atom. The lowest BCUT2D eigenvalue weighted by atomic mass is 9.96. The van der Waals surface area contributed by atoms with Gasteiger partial charge in [-0.2, -0.15) is 0 Å². The Morgan fingerprint density at radius 2 is 1.71 bits per heavy atom. The third-order valence-electron chi connectivity index (χ3n) is 2.50. The number of halogens is 3. The van der Waals surface area contributed by atoms with Crippen LogP contribution in [0.3, 0.4) is 0 Å². The monoisotopic (exact) mass is 288 g/mol. The van der Waals surface area contributed by atoms with Crippen LogP contribution in [0, 0.1) is 0 Å². The lowest BCUT2D eigenvalue weighted by molar-refractivity contribution is 0.735. The van der Waals surface area contributed by atoms with E-state index in [0.29, 0.717) is 22.2 Å². The number of nitrogens with two attached hydrogens (primary N) is 2. The predicted octanol–water partition coefficient (Wildman–Crippen LogP) is 3.64. The minimum Gasteiger partial charge on any atom is -0.399 e. The summed E-state index contributed by atoms with van der Waals surface area (Å²) in [6.45, 7) is 0. The van der Waals surface area contributed by atoms with Crippen molar-refractivity contribution >= 4 is 46.1 Å². The van der Waals surface area contributed by atoms with Crippen LogP contribution in [0.5, 0.6) is 0 Å². The number of allylic oxidation sites excluding steroid dienone is 2. The van der Waals surface area contributed by atoms with Gasteiger partial charge in [0.2, 0.25) is 0 Å². The highest BCUT2D eigenvalue weighted by Crippen LogP contribution is 2.41. The number of nitrogen functional groups attached to an aromatic ring is 1. The van der Waals surface area contributed by atoms with Crippen LogP contribution in [0.1, 0.15) is 12.0 Å². The lowest BCUT2D eigenvalue weighted by Crippen LogP contribution is -2.32. The second-order valence-corrected chi connectivity index (χ2v) is 5.56. The highest BCUT2D eigenvalue weighted by atomic mass is 35.5. The van der Waals surface area contributed by atoms with Gasteiger partial charge in [-0.05, 0) is 23.8 Å². The van der Waals surface area contributed by atoms with Crippen molar-refractivity contribution in [2.75, 3.05) is 5.73 Å². The molecule has 1 aromatic rings. The molecule has 0 saturated carbocycles. The van der Waals surface area contributed by atoms with E-state index < -0.39 is 5.00 Å². The summed E-state index contributed by atoms with van der Waals surface area (Å²) in [6.07, 6.45) is 1.96. The van der Waals surface area contributed by atoms with Gasteiger partial charge in [0.1, 0.15) is 5.00 Å². The second-order valence-electron chi connectivity index (χ2n) is 4.00. The van der Waals surface area contributed by atoms with Crippen molar-refractivity contribution in [2.45, 2.75) is 11.4 Å². The van der Waals surface area contributed by atoms with E-state index in [2.05, 4.69) is 0 Å². The predicted molar refractivity (Wildman–Crippen MR) is 75.0 cm³/mol. The zero-order valence-electron chi connectivity index (χ0n) is 8.88. The summed E-state index contributed by atoms with van der Waals surface area (Å²) >= 11 is 18.4. The van der Waals surface area contributed by atoms with Gasteiger partial charge in [0.25, 0.3) is 0 Å². The number of benzene rings is 1. The van der Waals surface area contributed by atoms with Crippen molar-refractivity contribution in [3.63, 3.8) is 0 Å². The minimum absolute atomic E-state index is 0.353. The van der Waals surface area contributed by atoms with Gasteiger partial charge in [0, 0.05) is 27.7 Å². The molecule has 0 bridgehead atoms. The molecule has 1 aliphatic carbocycles. The molecule has 5 heteroatoms. The Labute approximate surface area is 115 Å².